The van der Waals surface area contributed by atoms with Crippen molar-refractivity contribution in [3.63, 3.8) is 0 Å². The van der Waals surface area contributed by atoms with E-state index in [1.165, 1.54) is 6.42 Å². The first-order valence-electron chi connectivity index (χ1n) is 6.47. The molecule has 3 rings (SSSR count). The van der Waals surface area contributed by atoms with E-state index in [1.54, 1.807) is 0 Å². The van der Waals surface area contributed by atoms with Crippen LogP contribution in [0.25, 0.3) is 0 Å². The third kappa shape index (κ3) is 2.09. The average Bonchev–Trinajstić information content (AvgIpc) is 2.99. The minimum atomic E-state index is -0.330. The van der Waals surface area contributed by atoms with Gasteiger partial charge < -0.3 is 14.6 Å². The molecule has 2 atom stereocenters. The third-order valence-electron chi connectivity index (χ3n) is 3.78. The van der Waals surface area contributed by atoms with E-state index in [-0.39, 0.29) is 5.60 Å². The van der Waals surface area contributed by atoms with Gasteiger partial charge in [-0.3, -0.25) is 0 Å². The Balaban J connectivity index is 1.77. The van der Waals surface area contributed by atoms with Gasteiger partial charge in [-0.15, -0.1) is 0 Å². The smallest absolute Gasteiger partial charge is 0.231 e. The monoisotopic (exact) mass is 237 g/mol. The molecule has 0 amide bonds. The van der Waals surface area contributed by atoms with Crippen molar-refractivity contribution in [2.45, 2.75) is 44.1 Å². The predicted octanol–water partition coefficient (Wildman–Crippen LogP) is 1.56. The van der Waals surface area contributed by atoms with Crippen LogP contribution in [0.1, 0.15) is 50.2 Å². The molecule has 17 heavy (non-hydrogen) atoms. The van der Waals surface area contributed by atoms with Crippen LogP contribution in [0.5, 0.6) is 0 Å². The zero-order chi connectivity index (χ0) is 11.7. The highest BCUT2D eigenvalue weighted by Crippen LogP contribution is 2.34. The molecule has 0 radical (unpaired) electrons. The standard InChI is InChI=1S/C12H19N3O2/c1-12(5-3-7-16-12)11-14-10(17-15-11)9-4-2-6-13-8-9/h9,13H,2-8H2,1H3. The summed E-state index contributed by atoms with van der Waals surface area (Å²) < 4.78 is 11.1. The first-order valence-corrected chi connectivity index (χ1v) is 6.47. The van der Waals surface area contributed by atoms with E-state index >= 15 is 0 Å². The van der Waals surface area contributed by atoms with E-state index in [0.29, 0.717) is 5.92 Å². The lowest BCUT2D eigenvalue weighted by Gasteiger charge is -2.19. The number of ether oxygens (including phenoxy) is 1. The van der Waals surface area contributed by atoms with Crippen LogP contribution in [-0.4, -0.2) is 29.8 Å². The summed E-state index contributed by atoms with van der Waals surface area (Å²) in [4.78, 5) is 4.54. The number of nitrogens with zero attached hydrogens (tertiary/aromatic N) is 2. The Hall–Kier alpha value is -0.940. The number of aromatic nitrogens is 2. The highest BCUT2D eigenvalue weighted by atomic mass is 16.5. The van der Waals surface area contributed by atoms with Gasteiger partial charge in [0.05, 0.1) is 5.92 Å². The van der Waals surface area contributed by atoms with Gasteiger partial charge in [0, 0.05) is 13.2 Å². The van der Waals surface area contributed by atoms with Crippen LogP contribution < -0.4 is 5.32 Å². The molecule has 0 bridgehead atoms. The molecule has 5 nitrogen and oxygen atoms in total. The second-order valence-electron chi connectivity index (χ2n) is 5.18. The summed E-state index contributed by atoms with van der Waals surface area (Å²) in [5.41, 5.74) is -0.330. The molecule has 5 heteroatoms. The van der Waals surface area contributed by atoms with Gasteiger partial charge in [0.15, 0.2) is 0 Å². The van der Waals surface area contributed by atoms with Gasteiger partial charge in [-0.1, -0.05) is 5.16 Å². The number of piperidine rings is 1. The summed E-state index contributed by atoms with van der Waals surface area (Å²) in [7, 11) is 0. The summed E-state index contributed by atoms with van der Waals surface area (Å²) in [5.74, 6) is 1.86. The van der Waals surface area contributed by atoms with Crippen molar-refractivity contribution in [1.82, 2.24) is 15.5 Å². The van der Waals surface area contributed by atoms with Crippen molar-refractivity contribution in [1.29, 1.82) is 0 Å². The molecule has 0 saturated carbocycles. The molecule has 94 valence electrons. The molecule has 0 aromatic carbocycles. The molecular weight excluding hydrogens is 218 g/mol. The summed E-state index contributed by atoms with van der Waals surface area (Å²) in [6, 6.07) is 0. The Morgan fingerprint density at radius 2 is 2.35 bits per heavy atom. The fourth-order valence-electron chi connectivity index (χ4n) is 2.63. The molecule has 1 aromatic heterocycles. The van der Waals surface area contributed by atoms with Crippen molar-refractivity contribution in [3.05, 3.63) is 11.7 Å². The second-order valence-corrected chi connectivity index (χ2v) is 5.18. The lowest BCUT2D eigenvalue weighted by Crippen LogP contribution is -2.28. The first kappa shape index (κ1) is 11.2. The van der Waals surface area contributed by atoms with Gasteiger partial charge in [-0.25, -0.2) is 0 Å². The van der Waals surface area contributed by atoms with Crippen molar-refractivity contribution in [2.24, 2.45) is 0 Å². The summed E-state index contributed by atoms with van der Waals surface area (Å²) >= 11 is 0. The molecular formula is C12H19N3O2. The van der Waals surface area contributed by atoms with Crippen molar-refractivity contribution >= 4 is 0 Å². The number of hydrogen-bond donors (Lipinski definition) is 1. The third-order valence-corrected chi connectivity index (χ3v) is 3.78. The average molecular weight is 237 g/mol. The quantitative estimate of drug-likeness (QED) is 0.846. The molecule has 2 aliphatic rings. The lowest BCUT2D eigenvalue weighted by atomic mass is 9.99. The minimum Gasteiger partial charge on any atom is -0.367 e. The normalized spacial score (nSPS) is 34.1. The maximum absolute atomic E-state index is 5.73. The van der Waals surface area contributed by atoms with Gasteiger partial charge in [0.25, 0.3) is 0 Å². The maximum atomic E-state index is 5.73. The van der Waals surface area contributed by atoms with Crippen molar-refractivity contribution in [2.75, 3.05) is 19.7 Å². The zero-order valence-electron chi connectivity index (χ0n) is 10.2. The van der Waals surface area contributed by atoms with E-state index in [1.807, 2.05) is 6.92 Å². The molecule has 1 N–H and O–H groups in total. The molecule has 2 aliphatic heterocycles. The van der Waals surface area contributed by atoms with Crippen LogP contribution in [0.4, 0.5) is 0 Å². The number of rotatable bonds is 2. The van der Waals surface area contributed by atoms with Crippen LogP contribution in [0.15, 0.2) is 4.52 Å². The minimum absolute atomic E-state index is 0.330. The predicted molar refractivity (Wildman–Crippen MR) is 61.7 cm³/mol. The zero-order valence-corrected chi connectivity index (χ0v) is 10.2. The fraction of sp³-hybridized carbons (Fsp3) is 0.833. The van der Waals surface area contributed by atoms with Crippen molar-refractivity contribution < 1.29 is 9.26 Å². The van der Waals surface area contributed by atoms with Crippen LogP contribution in [0.2, 0.25) is 0 Å². The number of nitrogens with one attached hydrogen (secondary N) is 1. The van der Waals surface area contributed by atoms with Crippen LogP contribution in [0, 0.1) is 0 Å². The van der Waals surface area contributed by atoms with Gasteiger partial charge >= 0.3 is 0 Å². The summed E-state index contributed by atoms with van der Waals surface area (Å²) in [6.45, 7) is 4.89. The molecule has 2 unspecified atom stereocenters. The molecule has 2 saturated heterocycles. The highest BCUT2D eigenvalue weighted by Gasteiger charge is 2.37. The second kappa shape index (κ2) is 4.38. The SMILES string of the molecule is CC1(c2noc(C3CCCNC3)n2)CCCO1. The molecule has 3 heterocycles. The topological polar surface area (TPSA) is 60.2 Å². The summed E-state index contributed by atoms with van der Waals surface area (Å²) in [5, 5.41) is 7.47. The number of hydrogen-bond acceptors (Lipinski definition) is 5. The van der Waals surface area contributed by atoms with Gasteiger partial charge in [-0.2, -0.15) is 4.98 Å². The summed E-state index contributed by atoms with van der Waals surface area (Å²) in [6.07, 6.45) is 4.36. The fourth-order valence-corrected chi connectivity index (χ4v) is 2.63. The Bertz CT molecular complexity index is 379. The van der Waals surface area contributed by atoms with Crippen LogP contribution in [0.3, 0.4) is 0 Å². The van der Waals surface area contributed by atoms with Crippen LogP contribution in [-0.2, 0) is 10.3 Å². The van der Waals surface area contributed by atoms with Crippen LogP contribution >= 0.6 is 0 Å². The van der Waals surface area contributed by atoms with E-state index < -0.39 is 0 Å². The van der Waals surface area contributed by atoms with Crippen molar-refractivity contribution in [3.8, 4) is 0 Å². The maximum Gasteiger partial charge on any atom is 0.231 e. The van der Waals surface area contributed by atoms with E-state index in [2.05, 4.69) is 15.5 Å². The Labute approximate surface area is 101 Å². The molecule has 0 spiro atoms. The Morgan fingerprint density at radius 3 is 3.06 bits per heavy atom. The Morgan fingerprint density at radius 1 is 1.41 bits per heavy atom. The molecule has 0 aliphatic carbocycles. The van der Waals surface area contributed by atoms with Gasteiger partial charge in [-0.05, 0) is 39.2 Å². The van der Waals surface area contributed by atoms with Gasteiger partial charge in [0.2, 0.25) is 11.7 Å². The Kier molecular flexibility index (Phi) is 2.88. The van der Waals surface area contributed by atoms with Gasteiger partial charge in [0.1, 0.15) is 5.60 Å². The molecule has 1 aromatic rings. The highest BCUT2D eigenvalue weighted by molar-refractivity contribution is 5.04. The molecule has 2 fully saturated rings. The van der Waals surface area contributed by atoms with E-state index in [4.69, 9.17) is 9.26 Å². The largest absolute Gasteiger partial charge is 0.367 e. The van der Waals surface area contributed by atoms with E-state index in [0.717, 1.165) is 50.7 Å². The first-order chi connectivity index (χ1) is 8.28. The van der Waals surface area contributed by atoms with E-state index in [9.17, 15) is 0 Å². The lowest BCUT2D eigenvalue weighted by molar-refractivity contribution is 0.00768.